The first-order chi connectivity index (χ1) is 35.0. The number of hydrogen-bond donors (Lipinski definition) is 0. The van der Waals surface area contributed by atoms with Crippen molar-refractivity contribution in [3.05, 3.63) is 36.5 Å². The monoisotopic (exact) mass is 997 g/mol. The van der Waals surface area contributed by atoms with E-state index in [4.69, 9.17) is 14.2 Å². The van der Waals surface area contributed by atoms with Crippen LogP contribution < -0.4 is 0 Å². The topological polar surface area (TPSA) is 78.9 Å². The van der Waals surface area contributed by atoms with Gasteiger partial charge < -0.3 is 14.2 Å². The van der Waals surface area contributed by atoms with E-state index in [2.05, 4.69) is 57.2 Å². The molecule has 6 nitrogen and oxygen atoms in total. The van der Waals surface area contributed by atoms with Gasteiger partial charge in [-0.15, -0.1) is 0 Å². The molecule has 0 aromatic rings. The highest BCUT2D eigenvalue weighted by Gasteiger charge is 2.19. The van der Waals surface area contributed by atoms with Gasteiger partial charge in [0, 0.05) is 19.3 Å². The predicted octanol–water partition coefficient (Wildman–Crippen LogP) is 21.2. The van der Waals surface area contributed by atoms with E-state index in [0.29, 0.717) is 19.3 Å². The molecule has 0 aliphatic carbocycles. The van der Waals surface area contributed by atoms with Gasteiger partial charge in [0.2, 0.25) is 0 Å². The first kappa shape index (κ1) is 68.6. The highest BCUT2D eigenvalue weighted by atomic mass is 16.6. The number of rotatable bonds is 58. The summed E-state index contributed by atoms with van der Waals surface area (Å²) in [5.74, 6) is -0.862. The maximum Gasteiger partial charge on any atom is 0.306 e. The molecule has 0 heterocycles. The molecule has 0 bridgehead atoms. The van der Waals surface area contributed by atoms with Gasteiger partial charge in [0.1, 0.15) is 13.2 Å². The average molecular weight is 998 g/mol. The summed E-state index contributed by atoms with van der Waals surface area (Å²) >= 11 is 0. The molecule has 0 spiro atoms. The molecule has 0 aliphatic rings. The molecule has 0 aliphatic heterocycles. The molecule has 6 heteroatoms. The fraction of sp³-hybridized carbons (Fsp3) is 0.862. The van der Waals surface area contributed by atoms with Crippen molar-refractivity contribution in [3.8, 4) is 0 Å². The summed E-state index contributed by atoms with van der Waals surface area (Å²) in [4.78, 5) is 38.3. The Kier molecular flexibility index (Phi) is 58.2. The highest BCUT2D eigenvalue weighted by Crippen LogP contribution is 2.17. The Balaban J connectivity index is 4.33. The SMILES string of the molecule is CCCCCCC/C=C\C/C=C\CCCCCCCCCCCC(=O)OCC(COC(=O)CCCCCCC/C=C\CCCCCCCC)OC(=O)CCCCCCCCCCCCCCCCCCC. The minimum Gasteiger partial charge on any atom is -0.462 e. The minimum absolute atomic E-state index is 0.0730. The third-order valence-electron chi connectivity index (χ3n) is 14.1. The molecule has 0 fully saturated rings. The minimum atomic E-state index is -0.775. The number of hydrogen-bond acceptors (Lipinski definition) is 6. The molecule has 0 saturated carbocycles. The van der Waals surface area contributed by atoms with Crippen LogP contribution in [0.15, 0.2) is 36.5 Å². The second-order valence-corrected chi connectivity index (χ2v) is 21.3. The van der Waals surface area contributed by atoms with Gasteiger partial charge in [0.05, 0.1) is 0 Å². The van der Waals surface area contributed by atoms with Gasteiger partial charge in [0.15, 0.2) is 6.10 Å². The Morgan fingerprint density at radius 1 is 0.282 bits per heavy atom. The molecule has 0 amide bonds. The molecule has 0 rings (SSSR count). The van der Waals surface area contributed by atoms with E-state index in [-0.39, 0.29) is 31.1 Å². The van der Waals surface area contributed by atoms with Gasteiger partial charge in [-0.25, -0.2) is 0 Å². The van der Waals surface area contributed by atoms with Crippen LogP contribution in [0.5, 0.6) is 0 Å². The number of ether oxygens (including phenoxy) is 3. The summed E-state index contributed by atoms with van der Waals surface area (Å²) < 4.78 is 16.9. The lowest BCUT2D eigenvalue weighted by Gasteiger charge is -2.18. The van der Waals surface area contributed by atoms with Crippen LogP contribution in [0, 0.1) is 0 Å². The predicted molar refractivity (Wildman–Crippen MR) is 307 cm³/mol. The smallest absolute Gasteiger partial charge is 0.306 e. The van der Waals surface area contributed by atoms with Crippen LogP contribution >= 0.6 is 0 Å². The summed E-state index contributed by atoms with van der Waals surface area (Å²) in [6.07, 6.45) is 72.8. The second kappa shape index (κ2) is 60.2. The van der Waals surface area contributed by atoms with Crippen molar-refractivity contribution in [1.82, 2.24) is 0 Å². The number of unbranched alkanes of at least 4 members (excludes halogenated alkanes) is 41. The fourth-order valence-corrected chi connectivity index (χ4v) is 9.35. The van der Waals surface area contributed by atoms with Crippen molar-refractivity contribution >= 4 is 17.9 Å². The van der Waals surface area contributed by atoms with E-state index in [1.807, 2.05) is 0 Å². The maximum absolute atomic E-state index is 12.9. The Morgan fingerprint density at radius 3 is 0.789 bits per heavy atom. The lowest BCUT2D eigenvalue weighted by Crippen LogP contribution is -2.30. The zero-order valence-corrected chi connectivity index (χ0v) is 47.8. The number of esters is 3. The van der Waals surface area contributed by atoms with Crippen LogP contribution in [0.4, 0.5) is 0 Å². The van der Waals surface area contributed by atoms with Crippen LogP contribution in [-0.2, 0) is 28.6 Å². The summed E-state index contributed by atoms with van der Waals surface area (Å²) in [5.41, 5.74) is 0. The molecular weight excluding hydrogens is 877 g/mol. The molecule has 71 heavy (non-hydrogen) atoms. The van der Waals surface area contributed by atoms with Gasteiger partial charge in [-0.1, -0.05) is 282 Å². The molecule has 0 N–H and O–H groups in total. The van der Waals surface area contributed by atoms with Crippen molar-refractivity contribution in [3.63, 3.8) is 0 Å². The number of carbonyl (C=O) groups is 3. The maximum atomic E-state index is 12.9. The summed E-state index contributed by atoms with van der Waals surface area (Å²) in [5, 5.41) is 0. The van der Waals surface area contributed by atoms with Crippen molar-refractivity contribution in [2.24, 2.45) is 0 Å². The quantitative estimate of drug-likeness (QED) is 0.0261. The molecule has 0 aromatic heterocycles. The lowest BCUT2D eigenvalue weighted by molar-refractivity contribution is -0.167. The van der Waals surface area contributed by atoms with Gasteiger partial charge in [0.25, 0.3) is 0 Å². The molecular formula is C65H120O6. The molecule has 416 valence electrons. The summed E-state index contributed by atoms with van der Waals surface area (Å²) in [6.45, 7) is 6.67. The molecule has 0 radical (unpaired) electrons. The first-order valence-corrected chi connectivity index (χ1v) is 31.5. The van der Waals surface area contributed by atoms with Gasteiger partial charge in [-0.2, -0.15) is 0 Å². The largest absolute Gasteiger partial charge is 0.462 e. The van der Waals surface area contributed by atoms with Crippen LogP contribution in [-0.4, -0.2) is 37.2 Å². The Hall–Kier alpha value is -2.37. The number of allylic oxidation sites excluding steroid dienone is 6. The Morgan fingerprint density at radius 2 is 0.507 bits per heavy atom. The third-order valence-corrected chi connectivity index (χ3v) is 14.1. The fourth-order valence-electron chi connectivity index (χ4n) is 9.35. The van der Waals surface area contributed by atoms with Crippen LogP contribution in [0.3, 0.4) is 0 Å². The van der Waals surface area contributed by atoms with E-state index in [0.717, 1.165) is 70.6 Å². The molecule has 0 aromatic carbocycles. The summed E-state index contributed by atoms with van der Waals surface area (Å²) in [6, 6.07) is 0. The Labute approximate surface area is 442 Å². The third kappa shape index (κ3) is 58.4. The highest BCUT2D eigenvalue weighted by molar-refractivity contribution is 5.71. The zero-order valence-electron chi connectivity index (χ0n) is 47.8. The van der Waals surface area contributed by atoms with Gasteiger partial charge in [-0.3, -0.25) is 14.4 Å². The van der Waals surface area contributed by atoms with E-state index in [1.165, 1.54) is 231 Å². The van der Waals surface area contributed by atoms with Crippen molar-refractivity contribution < 1.29 is 28.6 Å². The standard InChI is InChI=1S/C65H120O6/c1-4-7-10-13-16-19-22-25-28-30-31-32-33-35-37-40-43-46-49-52-55-58-64(67)70-61-62(60-69-63(66)57-54-51-48-45-42-39-36-27-24-21-18-15-12-9-6-3)71-65(68)59-56-53-50-47-44-41-38-34-29-26-23-20-17-14-11-8-5-2/h22,25,27,30-31,36,62H,4-21,23-24,26,28-29,32-35,37-61H2,1-3H3/b25-22-,31-30-,36-27-. The van der Waals surface area contributed by atoms with Crippen LogP contribution in [0.2, 0.25) is 0 Å². The molecule has 1 unspecified atom stereocenters. The molecule has 0 saturated heterocycles. The molecule has 1 atom stereocenters. The lowest BCUT2D eigenvalue weighted by atomic mass is 10.0. The second-order valence-electron chi connectivity index (χ2n) is 21.3. The Bertz CT molecular complexity index is 1190. The van der Waals surface area contributed by atoms with Crippen molar-refractivity contribution in [2.75, 3.05) is 13.2 Å². The van der Waals surface area contributed by atoms with Crippen molar-refractivity contribution in [1.29, 1.82) is 0 Å². The summed E-state index contributed by atoms with van der Waals surface area (Å²) in [7, 11) is 0. The zero-order chi connectivity index (χ0) is 51.4. The first-order valence-electron chi connectivity index (χ1n) is 31.5. The van der Waals surface area contributed by atoms with Gasteiger partial charge >= 0.3 is 17.9 Å². The average Bonchev–Trinajstić information content (AvgIpc) is 3.37. The van der Waals surface area contributed by atoms with E-state index in [9.17, 15) is 14.4 Å². The van der Waals surface area contributed by atoms with Crippen molar-refractivity contribution in [2.45, 2.75) is 348 Å². The normalized spacial score (nSPS) is 12.2. The van der Waals surface area contributed by atoms with Crippen LogP contribution in [0.25, 0.3) is 0 Å². The van der Waals surface area contributed by atoms with Crippen LogP contribution in [0.1, 0.15) is 342 Å². The van der Waals surface area contributed by atoms with E-state index < -0.39 is 6.10 Å². The number of carbonyl (C=O) groups excluding carboxylic acids is 3. The van der Waals surface area contributed by atoms with E-state index >= 15 is 0 Å². The van der Waals surface area contributed by atoms with E-state index in [1.54, 1.807) is 0 Å². The van der Waals surface area contributed by atoms with Gasteiger partial charge in [-0.05, 0) is 77.0 Å².